The second-order valence-electron chi connectivity index (χ2n) is 2.59. The molecule has 1 aliphatic rings. The maximum Gasteiger partial charge on any atom is 0.0900 e. The standard InChI is InChI=1S/C6H13NO/c1-6(5-8-6)3-4-7-2/h7H,3-5H2,1-2H3. The minimum atomic E-state index is 0.239. The predicted octanol–water partition coefficient (Wildman–Crippen LogP) is 0.385. The molecule has 1 unspecified atom stereocenters. The van der Waals surface area contributed by atoms with E-state index in [0.29, 0.717) is 0 Å². The van der Waals surface area contributed by atoms with Gasteiger partial charge in [-0.25, -0.2) is 0 Å². The molecule has 0 amide bonds. The van der Waals surface area contributed by atoms with E-state index in [0.717, 1.165) is 19.6 Å². The summed E-state index contributed by atoms with van der Waals surface area (Å²) in [5.74, 6) is 0. The molecule has 0 aromatic rings. The lowest BCUT2D eigenvalue weighted by atomic mass is 10.1. The summed E-state index contributed by atoms with van der Waals surface area (Å²) in [6, 6.07) is 0. The number of hydrogen-bond acceptors (Lipinski definition) is 2. The Morgan fingerprint density at radius 1 is 1.75 bits per heavy atom. The lowest BCUT2D eigenvalue weighted by Gasteiger charge is -2.01. The normalized spacial score (nSPS) is 35.2. The van der Waals surface area contributed by atoms with Gasteiger partial charge in [-0.3, -0.25) is 0 Å². The summed E-state index contributed by atoms with van der Waals surface area (Å²) in [7, 11) is 1.96. The Bertz CT molecular complexity index is 78.6. The number of nitrogens with one attached hydrogen (secondary N) is 1. The third kappa shape index (κ3) is 1.46. The van der Waals surface area contributed by atoms with E-state index >= 15 is 0 Å². The molecule has 0 aromatic carbocycles. The number of hydrogen-bond donors (Lipinski definition) is 1. The van der Waals surface area contributed by atoms with Crippen molar-refractivity contribution in [3.8, 4) is 0 Å². The number of rotatable bonds is 3. The van der Waals surface area contributed by atoms with Crippen LogP contribution in [0.3, 0.4) is 0 Å². The van der Waals surface area contributed by atoms with Gasteiger partial charge in [0.05, 0.1) is 12.2 Å². The lowest BCUT2D eigenvalue weighted by Crippen LogP contribution is -2.16. The maximum atomic E-state index is 5.16. The van der Waals surface area contributed by atoms with Crippen LogP contribution in [0.5, 0.6) is 0 Å². The van der Waals surface area contributed by atoms with Crippen molar-refractivity contribution in [3.63, 3.8) is 0 Å². The summed E-state index contributed by atoms with van der Waals surface area (Å²) < 4.78 is 5.16. The van der Waals surface area contributed by atoms with Crippen LogP contribution in [0.4, 0.5) is 0 Å². The average molecular weight is 115 g/mol. The zero-order chi connectivity index (χ0) is 6.04. The Balaban J connectivity index is 2.01. The largest absolute Gasteiger partial charge is 0.370 e. The molecule has 1 rings (SSSR count). The fourth-order valence-corrected chi connectivity index (χ4v) is 0.657. The summed E-state index contributed by atoms with van der Waals surface area (Å²) in [4.78, 5) is 0. The first-order chi connectivity index (χ1) is 3.77. The first-order valence-corrected chi connectivity index (χ1v) is 3.05. The van der Waals surface area contributed by atoms with E-state index in [9.17, 15) is 0 Å². The topological polar surface area (TPSA) is 24.6 Å². The van der Waals surface area contributed by atoms with Gasteiger partial charge in [0.25, 0.3) is 0 Å². The van der Waals surface area contributed by atoms with Crippen LogP contribution >= 0.6 is 0 Å². The molecule has 1 atom stereocenters. The molecule has 0 bridgehead atoms. The lowest BCUT2D eigenvalue weighted by molar-refractivity contribution is 0.307. The third-order valence-electron chi connectivity index (χ3n) is 1.54. The molecule has 2 nitrogen and oxygen atoms in total. The molecular formula is C6H13NO. The predicted molar refractivity (Wildman–Crippen MR) is 32.9 cm³/mol. The molecule has 1 N–H and O–H groups in total. The van der Waals surface area contributed by atoms with E-state index in [1.165, 1.54) is 0 Å². The van der Waals surface area contributed by atoms with Crippen molar-refractivity contribution < 1.29 is 4.74 Å². The van der Waals surface area contributed by atoms with Crippen LogP contribution in [0.1, 0.15) is 13.3 Å². The Hall–Kier alpha value is -0.0800. The van der Waals surface area contributed by atoms with Crippen molar-refractivity contribution in [2.24, 2.45) is 0 Å². The highest BCUT2D eigenvalue weighted by Gasteiger charge is 2.37. The van der Waals surface area contributed by atoms with Crippen LogP contribution in [0.15, 0.2) is 0 Å². The van der Waals surface area contributed by atoms with Gasteiger partial charge in [-0.15, -0.1) is 0 Å². The van der Waals surface area contributed by atoms with Gasteiger partial charge in [-0.05, 0) is 26.9 Å². The minimum absolute atomic E-state index is 0.239. The van der Waals surface area contributed by atoms with Gasteiger partial charge in [0.2, 0.25) is 0 Å². The van der Waals surface area contributed by atoms with E-state index in [1.807, 2.05) is 7.05 Å². The number of ether oxygens (including phenoxy) is 1. The molecule has 48 valence electrons. The van der Waals surface area contributed by atoms with Crippen LogP contribution in [0, 0.1) is 0 Å². The minimum Gasteiger partial charge on any atom is -0.370 e. The van der Waals surface area contributed by atoms with E-state index in [2.05, 4.69) is 12.2 Å². The smallest absolute Gasteiger partial charge is 0.0900 e. The van der Waals surface area contributed by atoms with E-state index in [4.69, 9.17) is 4.74 Å². The molecule has 2 heteroatoms. The second-order valence-corrected chi connectivity index (χ2v) is 2.59. The van der Waals surface area contributed by atoms with Crippen molar-refractivity contribution in [1.82, 2.24) is 5.32 Å². The van der Waals surface area contributed by atoms with Gasteiger partial charge < -0.3 is 10.1 Å². The van der Waals surface area contributed by atoms with Gasteiger partial charge in [-0.2, -0.15) is 0 Å². The molecule has 0 aromatic heterocycles. The second kappa shape index (κ2) is 2.03. The molecule has 0 aliphatic carbocycles. The molecule has 1 fully saturated rings. The van der Waals surface area contributed by atoms with Crippen molar-refractivity contribution in [2.75, 3.05) is 20.2 Å². The average Bonchev–Trinajstić information content (AvgIpc) is 2.45. The Labute approximate surface area is 50.2 Å². The van der Waals surface area contributed by atoms with E-state index in [-0.39, 0.29) is 5.60 Å². The fourth-order valence-electron chi connectivity index (χ4n) is 0.657. The SMILES string of the molecule is CNCCC1(C)CO1. The van der Waals surface area contributed by atoms with E-state index in [1.54, 1.807) is 0 Å². The highest BCUT2D eigenvalue weighted by Crippen LogP contribution is 2.28. The van der Waals surface area contributed by atoms with Crippen LogP contribution in [-0.2, 0) is 4.74 Å². The summed E-state index contributed by atoms with van der Waals surface area (Å²) >= 11 is 0. The van der Waals surface area contributed by atoms with Gasteiger partial charge in [0.15, 0.2) is 0 Å². The highest BCUT2D eigenvalue weighted by molar-refractivity contribution is 4.86. The first kappa shape index (κ1) is 6.05. The monoisotopic (exact) mass is 115 g/mol. The van der Waals surface area contributed by atoms with Crippen LogP contribution in [-0.4, -0.2) is 25.8 Å². The Morgan fingerprint density at radius 3 is 2.75 bits per heavy atom. The van der Waals surface area contributed by atoms with Crippen LogP contribution in [0.2, 0.25) is 0 Å². The zero-order valence-corrected chi connectivity index (χ0v) is 5.53. The molecule has 1 aliphatic heterocycles. The maximum absolute atomic E-state index is 5.16. The first-order valence-electron chi connectivity index (χ1n) is 3.05. The molecule has 0 spiro atoms. The van der Waals surface area contributed by atoms with Crippen molar-refractivity contribution >= 4 is 0 Å². The quantitative estimate of drug-likeness (QED) is 0.538. The Morgan fingerprint density at radius 2 is 2.38 bits per heavy atom. The third-order valence-corrected chi connectivity index (χ3v) is 1.54. The molecule has 8 heavy (non-hydrogen) atoms. The van der Waals surface area contributed by atoms with Gasteiger partial charge in [0, 0.05) is 0 Å². The fraction of sp³-hybridized carbons (Fsp3) is 1.00. The molecule has 1 heterocycles. The van der Waals surface area contributed by atoms with Crippen LogP contribution in [0.25, 0.3) is 0 Å². The summed E-state index contributed by atoms with van der Waals surface area (Å²) in [6.07, 6.45) is 1.14. The van der Waals surface area contributed by atoms with Crippen molar-refractivity contribution in [2.45, 2.75) is 18.9 Å². The van der Waals surface area contributed by atoms with Crippen molar-refractivity contribution in [3.05, 3.63) is 0 Å². The molecular weight excluding hydrogens is 102 g/mol. The van der Waals surface area contributed by atoms with Gasteiger partial charge in [-0.1, -0.05) is 0 Å². The summed E-state index contributed by atoms with van der Waals surface area (Å²) in [5.41, 5.74) is 0.239. The van der Waals surface area contributed by atoms with Crippen molar-refractivity contribution in [1.29, 1.82) is 0 Å². The molecule has 0 saturated carbocycles. The highest BCUT2D eigenvalue weighted by atomic mass is 16.6. The number of epoxide rings is 1. The summed E-state index contributed by atoms with van der Waals surface area (Å²) in [6.45, 7) is 4.16. The van der Waals surface area contributed by atoms with E-state index < -0.39 is 0 Å². The molecule has 1 saturated heterocycles. The summed E-state index contributed by atoms with van der Waals surface area (Å²) in [5, 5.41) is 3.08. The Kier molecular flexibility index (Phi) is 1.54. The van der Waals surface area contributed by atoms with Gasteiger partial charge in [0.1, 0.15) is 0 Å². The molecule has 0 radical (unpaired) electrons. The zero-order valence-electron chi connectivity index (χ0n) is 5.53. The van der Waals surface area contributed by atoms with Gasteiger partial charge >= 0.3 is 0 Å². The van der Waals surface area contributed by atoms with Crippen LogP contribution < -0.4 is 5.32 Å².